The Hall–Kier alpha value is -1.95. The SMILES string of the molecule is CCCCC(NCc1cc(OC)c(OC)cc1OC)C(=O)O. The van der Waals surface area contributed by atoms with E-state index in [1.165, 1.54) is 0 Å². The lowest BCUT2D eigenvalue weighted by Crippen LogP contribution is -2.36. The van der Waals surface area contributed by atoms with Crippen molar-refractivity contribution in [3.05, 3.63) is 17.7 Å². The van der Waals surface area contributed by atoms with Crippen LogP contribution in [0.15, 0.2) is 12.1 Å². The van der Waals surface area contributed by atoms with Crippen molar-refractivity contribution in [1.29, 1.82) is 0 Å². The fourth-order valence-corrected chi connectivity index (χ4v) is 2.18. The first-order chi connectivity index (χ1) is 10.6. The van der Waals surface area contributed by atoms with Crippen molar-refractivity contribution in [2.24, 2.45) is 0 Å². The molecule has 0 aliphatic carbocycles. The van der Waals surface area contributed by atoms with Crippen LogP contribution in [0, 0.1) is 0 Å². The summed E-state index contributed by atoms with van der Waals surface area (Å²) in [6, 6.07) is 2.96. The van der Waals surface area contributed by atoms with E-state index in [4.69, 9.17) is 14.2 Å². The van der Waals surface area contributed by atoms with Crippen molar-refractivity contribution in [3.8, 4) is 17.2 Å². The number of carbonyl (C=O) groups is 1. The number of carboxylic acid groups (broad SMARTS) is 1. The third kappa shape index (κ3) is 4.80. The zero-order valence-electron chi connectivity index (χ0n) is 13.6. The van der Waals surface area contributed by atoms with Crippen molar-refractivity contribution >= 4 is 5.97 Å². The lowest BCUT2D eigenvalue weighted by molar-refractivity contribution is -0.139. The van der Waals surface area contributed by atoms with Crippen LogP contribution in [0.25, 0.3) is 0 Å². The summed E-state index contributed by atoms with van der Waals surface area (Å²) >= 11 is 0. The second kappa shape index (κ2) is 9.15. The van der Waals surface area contributed by atoms with E-state index < -0.39 is 12.0 Å². The van der Waals surface area contributed by atoms with Gasteiger partial charge in [0.15, 0.2) is 11.5 Å². The van der Waals surface area contributed by atoms with Crippen molar-refractivity contribution < 1.29 is 24.1 Å². The first-order valence-corrected chi connectivity index (χ1v) is 7.32. The van der Waals surface area contributed by atoms with Gasteiger partial charge < -0.3 is 24.6 Å². The number of nitrogens with one attached hydrogen (secondary N) is 1. The third-order valence-corrected chi connectivity index (χ3v) is 3.47. The molecule has 6 nitrogen and oxygen atoms in total. The van der Waals surface area contributed by atoms with E-state index in [1.807, 2.05) is 6.92 Å². The highest BCUT2D eigenvalue weighted by Gasteiger charge is 2.18. The van der Waals surface area contributed by atoms with Gasteiger partial charge in [0.2, 0.25) is 0 Å². The number of hydrogen-bond donors (Lipinski definition) is 2. The van der Waals surface area contributed by atoms with E-state index >= 15 is 0 Å². The summed E-state index contributed by atoms with van der Waals surface area (Å²) in [6.45, 7) is 2.42. The molecule has 0 aromatic heterocycles. The monoisotopic (exact) mass is 311 g/mol. The van der Waals surface area contributed by atoms with E-state index in [2.05, 4.69) is 5.32 Å². The Morgan fingerprint density at radius 3 is 2.23 bits per heavy atom. The van der Waals surface area contributed by atoms with Crippen molar-refractivity contribution in [2.45, 2.75) is 38.8 Å². The highest BCUT2D eigenvalue weighted by atomic mass is 16.5. The van der Waals surface area contributed by atoms with Gasteiger partial charge in [-0.05, 0) is 12.5 Å². The molecule has 1 rings (SSSR count). The Balaban J connectivity index is 2.88. The first-order valence-electron chi connectivity index (χ1n) is 7.32. The number of unbranched alkanes of at least 4 members (excludes halogenated alkanes) is 1. The minimum Gasteiger partial charge on any atom is -0.496 e. The Bertz CT molecular complexity index is 490. The number of ether oxygens (including phenoxy) is 3. The molecule has 6 heteroatoms. The van der Waals surface area contributed by atoms with E-state index in [1.54, 1.807) is 33.5 Å². The average Bonchev–Trinajstić information content (AvgIpc) is 2.53. The quantitative estimate of drug-likeness (QED) is 0.691. The second-order valence-corrected chi connectivity index (χ2v) is 4.93. The van der Waals surface area contributed by atoms with Crippen molar-refractivity contribution in [2.75, 3.05) is 21.3 Å². The van der Waals surface area contributed by atoms with Crippen LogP contribution in [0.2, 0.25) is 0 Å². The summed E-state index contributed by atoms with van der Waals surface area (Å²) in [5.41, 5.74) is 0.822. The number of hydrogen-bond acceptors (Lipinski definition) is 5. The predicted molar refractivity (Wildman–Crippen MR) is 83.9 cm³/mol. The number of benzene rings is 1. The minimum absolute atomic E-state index is 0.379. The van der Waals surface area contributed by atoms with Gasteiger partial charge in [-0.3, -0.25) is 4.79 Å². The fourth-order valence-electron chi connectivity index (χ4n) is 2.18. The maximum atomic E-state index is 11.3. The Morgan fingerprint density at radius 2 is 1.73 bits per heavy atom. The minimum atomic E-state index is -0.840. The summed E-state index contributed by atoms with van der Waals surface area (Å²) in [6.07, 6.45) is 2.43. The maximum absolute atomic E-state index is 11.3. The molecule has 0 bridgehead atoms. The standard InChI is InChI=1S/C16H25NO5/c1-5-6-7-12(16(18)19)17-10-11-8-14(21-3)15(22-4)9-13(11)20-2/h8-9,12,17H,5-7,10H2,1-4H3,(H,18,19). The summed E-state index contributed by atoms with van der Waals surface area (Å²) in [4.78, 5) is 11.3. The van der Waals surface area contributed by atoms with E-state index in [-0.39, 0.29) is 0 Å². The molecule has 0 fully saturated rings. The summed E-state index contributed by atoms with van der Waals surface area (Å²) < 4.78 is 15.8. The van der Waals surface area contributed by atoms with E-state index in [9.17, 15) is 9.90 Å². The van der Waals surface area contributed by atoms with Gasteiger partial charge in [-0.15, -0.1) is 0 Å². The first kappa shape index (κ1) is 18.1. The van der Waals surface area contributed by atoms with Gasteiger partial charge >= 0.3 is 5.97 Å². The lowest BCUT2D eigenvalue weighted by atomic mass is 10.1. The Kier molecular flexibility index (Phi) is 7.52. The van der Waals surface area contributed by atoms with Crippen LogP contribution in [0.1, 0.15) is 31.7 Å². The molecule has 124 valence electrons. The van der Waals surface area contributed by atoms with Gasteiger partial charge in [-0.2, -0.15) is 0 Å². The third-order valence-electron chi connectivity index (χ3n) is 3.47. The molecule has 1 aromatic rings. The lowest BCUT2D eigenvalue weighted by Gasteiger charge is -2.17. The topological polar surface area (TPSA) is 77.0 Å². The molecule has 0 spiro atoms. The Morgan fingerprint density at radius 1 is 1.14 bits per heavy atom. The largest absolute Gasteiger partial charge is 0.496 e. The fraction of sp³-hybridized carbons (Fsp3) is 0.562. The molecule has 22 heavy (non-hydrogen) atoms. The van der Waals surface area contributed by atoms with Crippen LogP contribution in [0.4, 0.5) is 0 Å². The maximum Gasteiger partial charge on any atom is 0.320 e. The van der Waals surface area contributed by atoms with Crippen LogP contribution in [-0.4, -0.2) is 38.4 Å². The molecule has 0 amide bonds. The zero-order valence-corrected chi connectivity index (χ0v) is 13.6. The van der Waals surface area contributed by atoms with Gasteiger partial charge in [0.1, 0.15) is 11.8 Å². The van der Waals surface area contributed by atoms with Gasteiger partial charge in [0, 0.05) is 18.2 Å². The average molecular weight is 311 g/mol. The summed E-state index contributed by atoms with van der Waals surface area (Å²) in [5, 5.41) is 12.3. The highest BCUT2D eigenvalue weighted by molar-refractivity contribution is 5.73. The molecule has 0 aliphatic rings. The van der Waals surface area contributed by atoms with Crippen LogP contribution in [-0.2, 0) is 11.3 Å². The van der Waals surface area contributed by atoms with Gasteiger partial charge in [-0.1, -0.05) is 19.8 Å². The van der Waals surface area contributed by atoms with Crippen LogP contribution < -0.4 is 19.5 Å². The normalized spacial score (nSPS) is 11.8. The molecule has 0 saturated heterocycles. The van der Waals surface area contributed by atoms with Crippen molar-refractivity contribution in [3.63, 3.8) is 0 Å². The molecule has 1 atom stereocenters. The molecule has 1 unspecified atom stereocenters. The molecule has 1 aromatic carbocycles. The van der Waals surface area contributed by atoms with Crippen LogP contribution in [0.5, 0.6) is 17.2 Å². The van der Waals surface area contributed by atoms with Crippen LogP contribution >= 0.6 is 0 Å². The van der Waals surface area contributed by atoms with Crippen molar-refractivity contribution in [1.82, 2.24) is 5.32 Å². The number of methoxy groups -OCH3 is 3. The zero-order chi connectivity index (χ0) is 16.5. The van der Waals surface area contributed by atoms with E-state index in [0.717, 1.165) is 18.4 Å². The van der Waals surface area contributed by atoms with Gasteiger partial charge in [0.25, 0.3) is 0 Å². The van der Waals surface area contributed by atoms with Gasteiger partial charge in [0.05, 0.1) is 21.3 Å². The molecule has 0 heterocycles. The smallest absolute Gasteiger partial charge is 0.320 e. The molecule has 0 radical (unpaired) electrons. The number of rotatable bonds is 10. The van der Waals surface area contributed by atoms with E-state index in [0.29, 0.717) is 30.2 Å². The van der Waals surface area contributed by atoms with Gasteiger partial charge in [-0.25, -0.2) is 0 Å². The molecule has 0 aliphatic heterocycles. The number of carboxylic acids is 1. The molecular formula is C16H25NO5. The summed E-state index contributed by atoms with van der Waals surface area (Å²) in [7, 11) is 4.68. The molecular weight excluding hydrogens is 286 g/mol. The molecule has 0 saturated carbocycles. The second-order valence-electron chi connectivity index (χ2n) is 4.93. The summed E-state index contributed by atoms with van der Waals surface area (Å²) in [5.74, 6) is 0.946. The predicted octanol–water partition coefficient (Wildman–Crippen LogP) is 2.45. The Labute approximate surface area is 131 Å². The number of aliphatic carboxylic acids is 1. The highest BCUT2D eigenvalue weighted by Crippen LogP contribution is 2.34. The van der Waals surface area contributed by atoms with Crippen LogP contribution in [0.3, 0.4) is 0 Å². The molecule has 2 N–H and O–H groups in total.